The zero-order valence-corrected chi connectivity index (χ0v) is 11.6. The molecule has 5 nitrogen and oxygen atoms in total. The first-order chi connectivity index (χ1) is 9.08. The van der Waals surface area contributed by atoms with Crippen molar-refractivity contribution >= 4 is 5.97 Å². The number of carbonyl (C=O) groups excluding carboxylic acids is 1. The normalized spacial score (nSPS) is 31.3. The van der Waals surface area contributed by atoms with Gasteiger partial charge in [-0.2, -0.15) is 4.89 Å². The van der Waals surface area contributed by atoms with Gasteiger partial charge in [0.2, 0.25) is 5.79 Å². The van der Waals surface area contributed by atoms with Crippen molar-refractivity contribution in [2.24, 2.45) is 0 Å². The van der Waals surface area contributed by atoms with Crippen LogP contribution >= 0.6 is 0 Å². The van der Waals surface area contributed by atoms with Crippen molar-refractivity contribution in [2.45, 2.75) is 56.8 Å². The fourth-order valence-corrected chi connectivity index (χ4v) is 2.57. The second kappa shape index (κ2) is 6.03. The minimum atomic E-state index is -1.03. The summed E-state index contributed by atoms with van der Waals surface area (Å²) < 4.78 is 10.2. The molecule has 1 saturated carbocycles. The molecular formula is C14H22O5. The summed E-state index contributed by atoms with van der Waals surface area (Å²) in [6, 6.07) is 0. The number of hydrogen-bond donors (Lipinski definition) is 0. The summed E-state index contributed by atoms with van der Waals surface area (Å²) in [4.78, 5) is 22.3. The first-order valence-electron chi connectivity index (χ1n) is 6.86. The smallest absolute Gasteiger partial charge is 0.330 e. The summed E-state index contributed by atoms with van der Waals surface area (Å²) in [7, 11) is 1.33. The molecule has 0 aromatic carbocycles. The van der Waals surface area contributed by atoms with Crippen LogP contribution in [0, 0.1) is 0 Å². The van der Waals surface area contributed by atoms with Gasteiger partial charge in [-0.1, -0.05) is 19.3 Å². The molecule has 2 aliphatic rings. The van der Waals surface area contributed by atoms with Crippen molar-refractivity contribution < 1.29 is 24.0 Å². The molecule has 1 unspecified atom stereocenters. The molecule has 1 aliphatic carbocycles. The Balaban J connectivity index is 1.98. The third kappa shape index (κ3) is 3.78. The molecule has 0 radical (unpaired) electrons. The monoisotopic (exact) mass is 270 g/mol. The maximum absolute atomic E-state index is 11.1. The van der Waals surface area contributed by atoms with Crippen LogP contribution in [0.2, 0.25) is 0 Å². The van der Waals surface area contributed by atoms with Crippen molar-refractivity contribution in [3.05, 3.63) is 12.2 Å². The van der Waals surface area contributed by atoms with Gasteiger partial charge >= 0.3 is 5.97 Å². The van der Waals surface area contributed by atoms with Crippen molar-refractivity contribution in [3.8, 4) is 0 Å². The van der Waals surface area contributed by atoms with E-state index in [0.29, 0.717) is 6.61 Å². The molecule has 2 rings (SSSR count). The quantitative estimate of drug-likeness (QED) is 0.438. The average Bonchev–Trinajstić information content (AvgIpc) is 2.58. The zero-order valence-electron chi connectivity index (χ0n) is 11.6. The second-order valence-corrected chi connectivity index (χ2v) is 5.38. The van der Waals surface area contributed by atoms with Crippen LogP contribution in [0.5, 0.6) is 0 Å². The molecule has 1 heterocycles. The van der Waals surface area contributed by atoms with Gasteiger partial charge in [-0.05, 0) is 25.8 Å². The largest absolute Gasteiger partial charge is 0.466 e. The lowest BCUT2D eigenvalue weighted by Gasteiger charge is -2.34. The predicted octanol–water partition coefficient (Wildman–Crippen LogP) is 2.50. The molecule has 1 saturated heterocycles. The standard InChI is InChI=1S/C14H22O5/c1-13(9-6-12(15)16-2)17-11-10-14(19-18-13)7-4-3-5-8-14/h6,9H,3-5,7-8,10-11H2,1-2H3. The molecule has 1 aliphatic heterocycles. The van der Waals surface area contributed by atoms with Crippen LogP contribution in [-0.4, -0.2) is 31.1 Å². The Hall–Kier alpha value is -0.910. The van der Waals surface area contributed by atoms with Crippen LogP contribution in [-0.2, 0) is 24.0 Å². The van der Waals surface area contributed by atoms with E-state index in [0.717, 1.165) is 32.1 Å². The number of ether oxygens (including phenoxy) is 2. The Labute approximate surface area is 113 Å². The van der Waals surface area contributed by atoms with Gasteiger partial charge in [0.1, 0.15) is 5.60 Å². The Bertz CT molecular complexity index is 346. The van der Waals surface area contributed by atoms with E-state index in [1.54, 1.807) is 6.92 Å². The highest BCUT2D eigenvalue weighted by molar-refractivity contribution is 5.81. The van der Waals surface area contributed by atoms with Crippen LogP contribution in [0.25, 0.3) is 0 Å². The van der Waals surface area contributed by atoms with E-state index in [-0.39, 0.29) is 5.60 Å². The van der Waals surface area contributed by atoms with Gasteiger partial charge in [0.15, 0.2) is 0 Å². The Morgan fingerprint density at radius 1 is 1.16 bits per heavy atom. The Morgan fingerprint density at radius 2 is 1.89 bits per heavy atom. The number of rotatable bonds is 2. The van der Waals surface area contributed by atoms with Gasteiger partial charge in [-0.25, -0.2) is 9.68 Å². The van der Waals surface area contributed by atoms with Gasteiger partial charge < -0.3 is 9.47 Å². The predicted molar refractivity (Wildman–Crippen MR) is 68.1 cm³/mol. The highest BCUT2D eigenvalue weighted by atomic mass is 17.2. The van der Waals surface area contributed by atoms with E-state index >= 15 is 0 Å². The van der Waals surface area contributed by atoms with Gasteiger partial charge in [-0.15, -0.1) is 0 Å². The SMILES string of the molecule is COC(=O)C=CC1(C)OCCC2(CCCCC2)OO1. The second-order valence-electron chi connectivity index (χ2n) is 5.38. The summed E-state index contributed by atoms with van der Waals surface area (Å²) >= 11 is 0. The number of hydrogen-bond acceptors (Lipinski definition) is 5. The summed E-state index contributed by atoms with van der Waals surface area (Å²) in [5.74, 6) is -1.47. The fourth-order valence-electron chi connectivity index (χ4n) is 2.57. The molecule has 0 aromatic rings. The molecule has 108 valence electrons. The average molecular weight is 270 g/mol. The van der Waals surface area contributed by atoms with Crippen LogP contribution in [0.4, 0.5) is 0 Å². The van der Waals surface area contributed by atoms with E-state index in [1.807, 2.05) is 0 Å². The summed E-state index contributed by atoms with van der Waals surface area (Å²) in [6.45, 7) is 2.29. The lowest BCUT2D eigenvalue weighted by Crippen LogP contribution is -2.36. The van der Waals surface area contributed by atoms with Crippen molar-refractivity contribution in [3.63, 3.8) is 0 Å². The van der Waals surface area contributed by atoms with Crippen molar-refractivity contribution in [1.29, 1.82) is 0 Å². The molecular weight excluding hydrogens is 248 g/mol. The Kier molecular flexibility index (Phi) is 4.60. The van der Waals surface area contributed by atoms with Crippen molar-refractivity contribution in [2.75, 3.05) is 13.7 Å². The summed E-state index contributed by atoms with van der Waals surface area (Å²) in [5, 5.41) is 0. The minimum Gasteiger partial charge on any atom is -0.466 e. The van der Waals surface area contributed by atoms with Gasteiger partial charge in [0.05, 0.1) is 13.7 Å². The molecule has 1 atom stereocenters. The molecule has 0 N–H and O–H groups in total. The third-order valence-corrected chi connectivity index (χ3v) is 3.82. The van der Waals surface area contributed by atoms with E-state index in [9.17, 15) is 4.79 Å². The topological polar surface area (TPSA) is 54.0 Å². The van der Waals surface area contributed by atoms with E-state index < -0.39 is 11.8 Å². The van der Waals surface area contributed by atoms with E-state index in [1.165, 1.54) is 25.7 Å². The fraction of sp³-hybridized carbons (Fsp3) is 0.786. The van der Waals surface area contributed by atoms with Crippen LogP contribution in [0.1, 0.15) is 45.4 Å². The summed E-state index contributed by atoms with van der Waals surface area (Å²) in [5.41, 5.74) is -0.213. The maximum atomic E-state index is 11.1. The molecule has 2 fully saturated rings. The van der Waals surface area contributed by atoms with Gasteiger partial charge in [0.25, 0.3) is 0 Å². The van der Waals surface area contributed by atoms with Crippen LogP contribution in [0.3, 0.4) is 0 Å². The molecule has 5 heteroatoms. The molecule has 0 aromatic heterocycles. The van der Waals surface area contributed by atoms with Gasteiger partial charge in [-0.3, -0.25) is 0 Å². The first kappa shape index (κ1) is 14.5. The molecule has 19 heavy (non-hydrogen) atoms. The highest BCUT2D eigenvalue weighted by Crippen LogP contribution is 2.38. The number of esters is 1. The van der Waals surface area contributed by atoms with Crippen LogP contribution in [0.15, 0.2) is 12.2 Å². The van der Waals surface area contributed by atoms with Crippen molar-refractivity contribution in [1.82, 2.24) is 0 Å². The highest BCUT2D eigenvalue weighted by Gasteiger charge is 2.40. The molecule has 1 spiro atoms. The third-order valence-electron chi connectivity index (χ3n) is 3.82. The number of carbonyl (C=O) groups is 1. The maximum Gasteiger partial charge on any atom is 0.330 e. The zero-order chi connectivity index (χ0) is 13.8. The lowest BCUT2D eigenvalue weighted by atomic mass is 9.83. The minimum absolute atomic E-state index is 0.213. The lowest BCUT2D eigenvalue weighted by molar-refractivity contribution is -0.433. The van der Waals surface area contributed by atoms with Crippen LogP contribution < -0.4 is 0 Å². The Morgan fingerprint density at radius 3 is 2.58 bits per heavy atom. The number of methoxy groups -OCH3 is 1. The van der Waals surface area contributed by atoms with E-state index in [4.69, 9.17) is 14.5 Å². The first-order valence-corrected chi connectivity index (χ1v) is 6.86. The molecule has 0 amide bonds. The summed E-state index contributed by atoms with van der Waals surface area (Å²) in [6.07, 6.45) is 9.25. The van der Waals surface area contributed by atoms with Gasteiger partial charge in [0, 0.05) is 12.5 Å². The molecule has 0 bridgehead atoms. The van der Waals surface area contributed by atoms with E-state index in [2.05, 4.69) is 4.74 Å².